The Morgan fingerprint density at radius 3 is 2.78 bits per heavy atom. The van der Waals surface area contributed by atoms with Gasteiger partial charge < -0.3 is 10.6 Å². The molecular weight excluding hydrogens is 357 g/mol. The van der Waals surface area contributed by atoms with Gasteiger partial charge in [0, 0.05) is 18.9 Å². The van der Waals surface area contributed by atoms with Crippen LogP contribution >= 0.6 is 36.2 Å². The maximum atomic E-state index is 12.1. The summed E-state index contributed by atoms with van der Waals surface area (Å²) in [6, 6.07) is 1.75. The van der Waals surface area contributed by atoms with Gasteiger partial charge in [-0.05, 0) is 37.9 Å². The van der Waals surface area contributed by atoms with Gasteiger partial charge >= 0.3 is 0 Å². The number of nitrogens with zero attached hydrogens (tertiary/aromatic N) is 3. The highest BCUT2D eigenvalue weighted by atomic mass is 35.5. The molecule has 0 aliphatic carbocycles. The second-order valence-corrected chi connectivity index (χ2v) is 6.06. The molecular formula is C14H19Cl2N5OS. The third-order valence-corrected chi connectivity index (χ3v) is 4.43. The van der Waals surface area contributed by atoms with E-state index in [4.69, 9.17) is 0 Å². The molecule has 1 saturated heterocycles. The van der Waals surface area contributed by atoms with Crippen molar-refractivity contribution in [2.24, 2.45) is 5.92 Å². The molecule has 23 heavy (non-hydrogen) atoms. The zero-order valence-electron chi connectivity index (χ0n) is 12.4. The number of nitrogens with one attached hydrogen (secondary N) is 2. The number of carbonyl (C=O) groups is 1. The van der Waals surface area contributed by atoms with Crippen molar-refractivity contribution in [2.45, 2.75) is 12.8 Å². The van der Waals surface area contributed by atoms with Gasteiger partial charge in [0.1, 0.15) is 4.88 Å². The Morgan fingerprint density at radius 2 is 2.09 bits per heavy atom. The summed E-state index contributed by atoms with van der Waals surface area (Å²) in [6.07, 6.45) is 7.26. The van der Waals surface area contributed by atoms with Crippen LogP contribution in [0.4, 0.5) is 0 Å². The fourth-order valence-electron chi connectivity index (χ4n) is 2.31. The van der Waals surface area contributed by atoms with Crippen LogP contribution in [0.25, 0.3) is 10.8 Å². The highest BCUT2D eigenvalue weighted by Gasteiger charge is 2.16. The van der Waals surface area contributed by atoms with Crippen LogP contribution in [0.15, 0.2) is 24.7 Å². The zero-order valence-corrected chi connectivity index (χ0v) is 14.8. The Bertz CT molecular complexity index is 604. The van der Waals surface area contributed by atoms with E-state index in [1.54, 1.807) is 24.7 Å². The van der Waals surface area contributed by atoms with Crippen LogP contribution in [-0.4, -0.2) is 40.5 Å². The van der Waals surface area contributed by atoms with E-state index in [9.17, 15) is 4.79 Å². The van der Waals surface area contributed by atoms with Crippen LogP contribution in [0, 0.1) is 5.92 Å². The van der Waals surface area contributed by atoms with Crippen LogP contribution in [0.3, 0.4) is 0 Å². The first-order chi connectivity index (χ1) is 10.3. The smallest absolute Gasteiger partial charge is 0.263 e. The van der Waals surface area contributed by atoms with E-state index < -0.39 is 0 Å². The molecule has 0 saturated carbocycles. The molecule has 2 aromatic rings. The maximum Gasteiger partial charge on any atom is 0.263 e. The Kier molecular flexibility index (Phi) is 8.40. The average Bonchev–Trinajstić information content (AvgIpc) is 3.04. The van der Waals surface area contributed by atoms with Gasteiger partial charge in [-0.15, -0.1) is 36.2 Å². The van der Waals surface area contributed by atoms with Crippen LogP contribution in [-0.2, 0) is 0 Å². The molecule has 6 nitrogen and oxygen atoms in total. The van der Waals surface area contributed by atoms with Gasteiger partial charge in [-0.3, -0.25) is 4.79 Å². The number of amides is 1. The molecule has 2 aromatic heterocycles. The fraction of sp³-hybridized carbons (Fsp3) is 0.429. The molecule has 9 heteroatoms. The number of thiazole rings is 1. The highest BCUT2D eigenvalue weighted by molar-refractivity contribution is 7.16. The lowest BCUT2D eigenvalue weighted by molar-refractivity contribution is 0.0948. The largest absolute Gasteiger partial charge is 0.351 e. The van der Waals surface area contributed by atoms with E-state index >= 15 is 0 Å². The standard InChI is InChI=1S/C14H17N5OS.2ClH/c20-13(18-8-10-3-1-4-15-7-10)11-9-19-14(21-11)12-16-5-2-6-17-12;;/h2,5-6,9-10,15H,1,3-4,7-8H2,(H,18,20);2*1H. The maximum absolute atomic E-state index is 12.1. The predicted octanol–water partition coefficient (Wildman–Crippen LogP) is 2.17. The lowest BCUT2D eigenvalue weighted by Crippen LogP contribution is -2.37. The van der Waals surface area contributed by atoms with Crippen LogP contribution < -0.4 is 10.6 Å². The molecule has 1 aliphatic heterocycles. The van der Waals surface area contributed by atoms with Gasteiger partial charge in [-0.25, -0.2) is 15.0 Å². The Hall–Kier alpha value is -1.28. The van der Waals surface area contributed by atoms with Crippen molar-refractivity contribution in [1.29, 1.82) is 0 Å². The topological polar surface area (TPSA) is 79.8 Å². The molecule has 1 unspecified atom stereocenters. The number of aromatic nitrogens is 3. The first-order valence-electron chi connectivity index (χ1n) is 7.05. The lowest BCUT2D eigenvalue weighted by Gasteiger charge is -2.22. The SMILES string of the molecule is Cl.Cl.O=C(NCC1CCCNC1)c1cnc(-c2ncccn2)s1. The summed E-state index contributed by atoms with van der Waals surface area (Å²) in [5.74, 6) is 1.01. The molecule has 3 heterocycles. The summed E-state index contributed by atoms with van der Waals surface area (Å²) >= 11 is 1.32. The van der Waals surface area contributed by atoms with Gasteiger partial charge in [-0.2, -0.15) is 0 Å². The molecule has 1 aliphatic rings. The minimum Gasteiger partial charge on any atom is -0.351 e. The summed E-state index contributed by atoms with van der Waals surface area (Å²) in [5.41, 5.74) is 0. The van der Waals surface area contributed by atoms with Gasteiger partial charge in [-0.1, -0.05) is 0 Å². The normalized spacial score (nSPS) is 16.8. The van der Waals surface area contributed by atoms with Crippen LogP contribution in [0.2, 0.25) is 0 Å². The molecule has 1 fully saturated rings. The van der Waals surface area contributed by atoms with Crippen LogP contribution in [0.1, 0.15) is 22.5 Å². The minimum atomic E-state index is -0.0692. The third-order valence-electron chi connectivity index (χ3n) is 3.44. The van der Waals surface area contributed by atoms with Gasteiger partial charge in [0.15, 0.2) is 10.8 Å². The minimum absolute atomic E-state index is 0. The molecule has 1 amide bonds. The van der Waals surface area contributed by atoms with E-state index in [1.165, 1.54) is 24.2 Å². The molecule has 126 valence electrons. The quantitative estimate of drug-likeness (QED) is 0.855. The van der Waals surface area contributed by atoms with Gasteiger partial charge in [0.2, 0.25) is 0 Å². The number of hydrogen-bond donors (Lipinski definition) is 2. The molecule has 1 atom stereocenters. The number of hydrogen-bond acceptors (Lipinski definition) is 6. The number of halogens is 2. The van der Waals surface area contributed by atoms with Crippen molar-refractivity contribution in [2.75, 3.05) is 19.6 Å². The second kappa shape index (κ2) is 9.77. The van der Waals surface area contributed by atoms with Gasteiger partial charge in [0.25, 0.3) is 5.91 Å². The molecule has 2 N–H and O–H groups in total. The van der Waals surface area contributed by atoms with Crippen molar-refractivity contribution >= 4 is 42.1 Å². The van der Waals surface area contributed by atoms with Crippen molar-refractivity contribution in [3.8, 4) is 10.8 Å². The zero-order chi connectivity index (χ0) is 14.5. The Labute approximate surface area is 151 Å². The van der Waals surface area contributed by atoms with E-state index in [-0.39, 0.29) is 30.7 Å². The Morgan fingerprint density at radius 1 is 1.30 bits per heavy atom. The first kappa shape index (κ1) is 19.8. The number of carbonyl (C=O) groups excluding carboxylic acids is 1. The van der Waals surface area contributed by atoms with Crippen LogP contribution in [0.5, 0.6) is 0 Å². The third kappa shape index (κ3) is 5.39. The van der Waals surface area contributed by atoms with Crippen molar-refractivity contribution in [3.63, 3.8) is 0 Å². The molecule has 0 aromatic carbocycles. The average molecular weight is 376 g/mol. The highest BCUT2D eigenvalue weighted by Crippen LogP contribution is 2.21. The fourth-order valence-corrected chi connectivity index (χ4v) is 3.10. The van der Waals surface area contributed by atoms with E-state index in [2.05, 4.69) is 25.6 Å². The van der Waals surface area contributed by atoms with Crippen molar-refractivity contribution in [3.05, 3.63) is 29.5 Å². The molecule has 0 radical (unpaired) electrons. The van der Waals surface area contributed by atoms with E-state index in [0.717, 1.165) is 13.1 Å². The lowest BCUT2D eigenvalue weighted by atomic mass is 10.00. The summed E-state index contributed by atoms with van der Waals surface area (Å²) in [4.78, 5) is 25.2. The molecule has 3 rings (SSSR count). The van der Waals surface area contributed by atoms with E-state index in [1.807, 2.05) is 0 Å². The second-order valence-electron chi connectivity index (χ2n) is 5.02. The number of rotatable bonds is 4. The predicted molar refractivity (Wildman–Crippen MR) is 95.6 cm³/mol. The summed E-state index contributed by atoms with van der Waals surface area (Å²) in [7, 11) is 0. The Balaban J connectivity index is 0.00000132. The van der Waals surface area contributed by atoms with Crippen molar-refractivity contribution in [1.82, 2.24) is 25.6 Å². The summed E-state index contributed by atoms with van der Waals surface area (Å²) in [6.45, 7) is 2.77. The first-order valence-corrected chi connectivity index (χ1v) is 7.87. The molecule has 0 spiro atoms. The summed E-state index contributed by atoms with van der Waals surface area (Å²) < 4.78 is 0. The molecule has 0 bridgehead atoms. The summed E-state index contributed by atoms with van der Waals surface area (Å²) in [5, 5.41) is 7.00. The number of piperidine rings is 1. The van der Waals surface area contributed by atoms with Crippen molar-refractivity contribution < 1.29 is 4.79 Å². The van der Waals surface area contributed by atoms with E-state index in [0.29, 0.717) is 28.2 Å². The van der Waals surface area contributed by atoms with Gasteiger partial charge in [0.05, 0.1) is 6.20 Å². The monoisotopic (exact) mass is 375 g/mol.